The van der Waals surface area contributed by atoms with E-state index in [-0.39, 0.29) is 11.9 Å². The Hall–Kier alpha value is -1.46. The fraction of sp³-hybridized carbons (Fsp3) is 0.429. The number of nitrogens with one attached hydrogen (secondary N) is 1. The summed E-state index contributed by atoms with van der Waals surface area (Å²) in [6, 6.07) is 7.88. The van der Waals surface area contributed by atoms with Crippen molar-refractivity contribution in [3.63, 3.8) is 0 Å². The molecule has 0 spiro atoms. The van der Waals surface area contributed by atoms with Crippen molar-refractivity contribution in [3.05, 3.63) is 29.3 Å². The van der Waals surface area contributed by atoms with Gasteiger partial charge in [-0.15, -0.1) is 11.3 Å². The predicted molar refractivity (Wildman–Crippen MR) is 78.9 cm³/mol. The van der Waals surface area contributed by atoms with Crippen LogP contribution in [0, 0.1) is 5.92 Å². The van der Waals surface area contributed by atoms with Crippen LogP contribution in [0.15, 0.2) is 24.3 Å². The van der Waals surface area contributed by atoms with E-state index in [4.69, 9.17) is 5.73 Å². The van der Waals surface area contributed by atoms with E-state index in [9.17, 15) is 4.79 Å². The Morgan fingerprint density at radius 3 is 2.84 bits per heavy atom. The zero-order chi connectivity index (χ0) is 13.8. The SMILES string of the molecule is CC(C)C(N)CC(=O)NCc1nc2ccccc2s1. The number of thiazole rings is 1. The van der Waals surface area contributed by atoms with Crippen molar-refractivity contribution in [2.24, 2.45) is 11.7 Å². The Bertz CT molecular complexity index is 532. The Labute approximate surface area is 117 Å². The van der Waals surface area contributed by atoms with Gasteiger partial charge in [0, 0.05) is 12.5 Å². The minimum Gasteiger partial charge on any atom is -0.350 e. The number of benzene rings is 1. The van der Waals surface area contributed by atoms with E-state index in [1.54, 1.807) is 11.3 Å². The maximum atomic E-state index is 11.7. The first-order chi connectivity index (χ1) is 9.06. The number of carbonyl (C=O) groups excluding carboxylic acids is 1. The highest BCUT2D eigenvalue weighted by atomic mass is 32.1. The van der Waals surface area contributed by atoms with Crippen LogP contribution >= 0.6 is 11.3 Å². The lowest BCUT2D eigenvalue weighted by Gasteiger charge is -2.14. The van der Waals surface area contributed by atoms with Gasteiger partial charge in [-0.25, -0.2) is 4.98 Å². The quantitative estimate of drug-likeness (QED) is 0.881. The molecule has 102 valence electrons. The molecule has 5 heteroatoms. The molecule has 1 heterocycles. The van der Waals surface area contributed by atoms with Crippen LogP contribution in [0.5, 0.6) is 0 Å². The molecule has 0 bridgehead atoms. The van der Waals surface area contributed by atoms with Crippen LogP contribution in [-0.4, -0.2) is 16.9 Å². The molecule has 0 aliphatic rings. The number of carbonyl (C=O) groups is 1. The summed E-state index contributed by atoms with van der Waals surface area (Å²) in [5, 5.41) is 3.80. The Balaban J connectivity index is 1.90. The first-order valence-corrected chi connectivity index (χ1v) is 7.24. The summed E-state index contributed by atoms with van der Waals surface area (Å²) in [5.74, 6) is 0.300. The maximum Gasteiger partial charge on any atom is 0.221 e. The standard InChI is InChI=1S/C14H19N3OS/c1-9(2)10(15)7-13(18)16-8-14-17-11-5-3-4-6-12(11)19-14/h3-6,9-10H,7-8,15H2,1-2H3,(H,16,18). The van der Waals surface area contributed by atoms with E-state index in [0.717, 1.165) is 15.2 Å². The molecule has 1 aromatic heterocycles. The molecule has 0 radical (unpaired) electrons. The van der Waals surface area contributed by atoms with Crippen LogP contribution in [0.1, 0.15) is 25.3 Å². The van der Waals surface area contributed by atoms with E-state index in [1.807, 2.05) is 38.1 Å². The van der Waals surface area contributed by atoms with Crippen molar-refractivity contribution in [1.29, 1.82) is 0 Å². The summed E-state index contributed by atoms with van der Waals surface area (Å²) < 4.78 is 1.14. The second kappa shape index (κ2) is 6.12. The van der Waals surface area contributed by atoms with Crippen LogP contribution < -0.4 is 11.1 Å². The first-order valence-electron chi connectivity index (χ1n) is 6.43. The summed E-state index contributed by atoms with van der Waals surface area (Å²) in [4.78, 5) is 16.2. The fourth-order valence-electron chi connectivity index (χ4n) is 1.69. The van der Waals surface area contributed by atoms with E-state index in [1.165, 1.54) is 0 Å². The normalized spacial score (nSPS) is 12.8. The Morgan fingerprint density at radius 1 is 1.42 bits per heavy atom. The summed E-state index contributed by atoms with van der Waals surface area (Å²) in [6.07, 6.45) is 0.364. The molecular formula is C14H19N3OS. The van der Waals surface area contributed by atoms with E-state index < -0.39 is 0 Å². The third-order valence-electron chi connectivity index (χ3n) is 3.05. The highest BCUT2D eigenvalue weighted by Gasteiger charge is 2.13. The zero-order valence-electron chi connectivity index (χ0n) is 11.2. The van der Waals surface area contributed by atoms with Crippen LogP contribution in [-0.2, 0) is 11.3 Å². The molecule has 0 aliphatic carbocycles. The molecule has 19 heavy (non-hydrogen) atoms. The van der Waals surface area contributed by atoms with Gasteiger partial charge in [0.25, 0.3) is 0 Å². The summed E-state index contributed by atoms with van der Waals surface area (Å²) in [7, 11) is 0. The first kappa shape index (κ1) is 14.0. The molecule has 1 atom stereocenters. The van der Waals surface area contributed by atoms with Gasteiger partial charge in [-0.2, -0.15) is 0 Å². The Morgan fingerprint density at radius 2 is 2.16 bits per heavy atom. The predicted octanol–water partition coefficient (Wildman–Crippen LogP) is 2.29. The van der Waals surface area contributed by atoms with Crippen molar-refractivity contribution in [3.8, 4) is 0 Å². The number of amides is 1. The number of hydrogen-bond donors (Lipinski definition) is 2. The van der Waals surface area contributed by atoms with Crippen molar-refractivity contribution >= 4 is 27.5 Å². The van der Waals surface area contributed by atoms with E-state index in [2.05, 4.69) is 10.3 Å². The topological polar surface area (TPSA) is 68.0 Å². The van der Waals surface area contributed by atoms with E-state index >= 15 is 0 Å². The number of para-hydroxylation sites is 1. The molecule has 1 amide bonds. The molecular weight excluding hydrogens is 258 g/mol. The van der Waals surface area contributed by atoms with Gasteiger partial charge in [0.15, 0.2) is 0 Å². The molecule has 2 aromatic rings. The molecule has 1 aromatic carbocycles. The van der Waals surface area contributed by atoms with Gasteiger partial charge in [0.2, 0.25) is 5.91 Å². The molecule has 0 saturated heterocycles. The van der Waals surface area contributed by atoms with Gasteiger partial charge in [0.1, 0.15) is 5.01 Å². The smallest absolute Gasteiger partial charge is 0.221 e. The number of nitrogens with two attached hydrogens (primary N) is 1. The summed E-state index contributed by atoms with van der Waals surface area (Å²) >= 11 is 1.61. The second-order valence-electron chi connectivity index (χ2n) is 4.96. The number of aromatic nitrogens is 1. The average molecular weight is 277 g/mol. The third-order valence-corrected chi connectivity index (χ3v) is 4.09. The lowest BCUT2D eigenvalue weighted by Crippen LogP contribution is -2.34. The molecule has 1 unspecified atom stereocenters. The summed E-state index contributed by atoms with van der Waals surface area (Å²) in [6.45, 7) is 4.51. The lowest BCUT2D eigenvalue weighted by atomic mass is 10.0. The van der Waals surface area contributed by atoms with Crippen molar-refractivity contribution < 1.29 is 4.79 Å². The van der Waals surface area contributed by atoms with Crippen LogP contribution in [0.4, 0.5) is 0 Å². The van der Waals surface area contributed by atoms with Crippen molar-refractivity contribution in [1.82, 2.24) is 10.3 Å². The van der Waals surface area contributed by atoms with Crippen molar-refractivity contribution in [2.45, 2.75) is 32.9 Å². The van der Waals surface area contributed by atoms with Crippen LogP contribution in [0.25, 0.3) is 10.2 Å². The van der Waals surface area contributed by atoms with Gasteiger partial charge < -0.3 is 11.1 Å². The minimum atomic E-state index is -0.0876. The molecule has 2 rings (SSSR count). The number of fused-ring (bicyclic) bond motifs is 1. The van der Waals surface area contributed by atoms with Gasteiger partial charge in [-0.05, 0) is 18.1 Å². The van der Waals surface area contributed by atoms with Gasteiger partial charge in [-0.1, -0.05) is 26.0 Å². The van der Waals surface area contributed by atoms with Crippen LogP contribution in [0.2, 0.25) is 0 Å². The Kier molecular flexibility index (Phi) is 4.50. The number of hydrogen-bond acceptors (Lipinski definition) is 4. The molecule has 0 aliphatic heterocycles. The zero-order valence-corrected chi connectivity index (χ0v) is 12.0. The fourth-order valence-corrected chi connectivity index (χ4v) is 2.60. The van der Waals surface area contributed by atoms with Crippen molar-refractivity contribution in [2.75, 3.05) is 0 Å². The summed E-state index contributed by atoms with van der Waals surface area (Å²) in [5.41, 5.74) is 6.86. The lowest BCUT2D eigenvalue weighted by molar-refractivity contribution is -0.121. The molecule has 0 fully saturated rings. The largest absolute Gasteiger partial charge is 0.350 e. The van der Waals surface area contributed by atoms with Crippen LogP contribution in [0.3, 0.4) is 0 Å². The minimum absolute atomic E-state index is 0.0135. The number of nitrogens with zero attached hydrogens (tertiary/aromatic N) is 1. The van der Waals surface area contributed by atoms with Gasteiger partial charge in [-0.3, -0.25) is 4.79 Å². The third kappa shape index (κ3) is 3.75. The monoisotopic (exact) mass is 277 g/mol. The second-order valence-corrected chi connectivity index (χ2v) is 6.08. The average Bonchev–Trinajstić information content (AvgIpc) is 2.78. The number of rotatable bonds is 5. The maximum absolute atomic E-state index is 11.7. The van der Waals surface area contributed by atoms with Gasteiger partial charge in [0.05, 0.1) is 16.8 Å². The highest BCUT2D eigenvalue weighted by Crippen LogP contribution is 2.21. The van der Waals surface area contributed by atoms with Gasteiger partial charge >= 0.3 is 0 Å². The molecule has 0 saturated carbocycles. The highest BCUT2D eigenvalue weighted by molar-refractivity contribution is 7.18. The molecule has 3 N–H and O–H groups in total. The van der Waals surface area contributed by atoms with E-state index in [0.29, 0.717) is 18.9 Å². The molecule has 4 nitrogen and oxygen atoms in total.